The van der Waals surface area contributed by atoms with E-state index in [0.717, 1.165) is 6.42 Å². The number of hydrogen-bond acceptors (Lipinski definition) is 4. The molecule has 0 fully saturated rings. The molecule has 4 heteroatoms. The maximum Gasteiger partial charge on any atom is 0.223 e. The van der Waals surface area contributed by atoms with Gasteiger partial charge in [0.2, 0.25) is 5.89 Å². The lowest BCUT2D eigenvalue weighted by atomic mass is 10.2. The molecule has 0 unspecified atom stereocenters. The second-order valence-corrected chi connectivity index (χ2v) is 2.19. The molecular formula is C6H11N3O. The van der Waals surface area contributed by atoms with Gasteiger partial charge in [-0.15, -0.1) is 0 Å². The van der Waals surface area contributed by atoms with Gasteiger partial charge in [-0.1, -0.05) is 12.1 Å². The Bertz CT molecular complexity index is 209. The fourth-order valence-electron chi connectivity index (χ4n) is 0.648. The molecule has 0 aromatic carbocycles. The van der Waals surface area contributed by atoms with E-state index < -0.39 is 0 Å². The minimum atomic E-state index is -0.0857. The number of hydrogen-bond donors (Lipinski definition) is 1. The Morgan fingerprint density at radius 3 is 2.80 bits per heavy atom. The molecule has 0 saturated heterocycles. The number of rotatable bonds is 2. The van der Waals surface area contributed by atoms with E-state index in [4.69, 9.17) is 10.3 Å². The maximum absolute atomic E-state index is 5.62. The molecule has 10 heavy (non-hydrogen) atoms. The summed E-state index contributed by atoms with van der Waals surface area (Å²) >= 11 is 0. The minimum absolute atomic E-state index is 0.0857. The van der Waals surface area contributed by atoms with Crippen LogP contribution in [0.2, 0.25) is 0 Å². The minimum Gasteiger partial charge on any atom is -0.340 e. The third-order valence-corrected chi connectivity index (χ3v) is 1.31. The maximum atomic E-state index is 5.62. The highest BCUT2D eigenvalue weighted by Crippen LogP contribution is 2.07. The first kappa shape index (κ1) is 7.21. The van der Waals surface area contributed by atoms with Crippen molar-refractivity contribution >= 4 is 0 Å². The second-order valence-electron chi connectivity index (χ2n) is 2.19. The Balaban J connectivity index is 2.74. The zero-order valence-corrected chi connectivity index (χ0v) is 6.16. The highest BCUT2D eigenvalue weighted by Gasteiger charge is 2.08. The highest BCUT2D eigenvalue weighted by atomic mass is 16.5. The van der Waals surface area contributed by atoms with Gasteiger partial charge in [0.1, 0.15) is 0 Å². The molecule has 1 heterocycles. The summed E-state index contributed by atoms with van der Waals surface area (Å²) in [6, 6.07) is -0.0857. The molecule has 2 N–H and O–H groups in total. The lowest BCUT2D eigenvalue weighted by molar-refractivity contribution is 0.382. The molecule has 0 amide bonds. The Kier molecular flexibility index (Phi) is 2.01. The topological polar surface area (TPSA) is 64.9 Å². The molecule has 0 aliphatic rings. The first-order valence-corrected chi connectivity index (χ1v) is 3.29. The summed E-state index contributed by atoms with van der Waals surface area (Å²) in [4.78, 5) is 3.98. The van der Waals surface area contributed by atoms with Gasteiger partial charge in [0.15, 0.2) is 5.82 Å². The summed E-state index contributed by atoms with van der Waals surface area (Å²) in [6.45, 7) is 3.73. The van der Waals surface area contributed by atoms with Crippen LogP contribution >= 0.6 is 0 Å². The third-order valence-electron chi connectivity index (χ3n) is 1.31. The van der Waals surface area contributed by atoms with E-state index in [2.05, 4.69) is 10.1 Å². The van der Waals surface area contributed by atoms with Crippen LogP contribution in [0.4, 0.5) is 0 Å². The molecule has 1 atom stereocenters. The monoisotopic (exact) mass is 141 g/mol. The molecule has 0 aliphatic carbocycles. The van der Waals surface area contributed by atoms with E-state index in [0.29, 0.717) is 11.7 Å². The fourth-order valence-corrected chi connectivity index (χ4v) is 0.648. The number of aromatic nitrogens is 2. The van der Waals surface area contributed by atoms with E-state index in [1.807, 2.05) is 6.92 Å². The van der Waals surface area contributed by atoms with Gasteiger partial charge in [0, 0.05) is 6.92 Å². The van der Waals surface area contributed by atoms with Gasteiger partial charge in [0.05, 0.1) is 6.04 Å². The quantitative estimate of drug-likeness (QED) is 0.661. The molecule has 56 valence electrons. The average Bonchev–Trinajstić information content (AvgIpc) is 2.34. The molecule has 0 aliphatic heterocycles. The van der Waals surface area contributed by atoms with Crippen molar-refractivity contribution in [3.8, 4) is 0 Å². The van der Waals surface area contributed by atoms with Crippen LogP contribution in [0.25, 0.3) is 0 Å². The van der Waals surface area contributed by atoms with Crippen LogP contribution in [0.1, 0.15) is 31.1 Å². The highest BCUT2D eigenvalue weighted by molar-refractivity contribution is 4.90. The molecule has 0 saturated carbocycles. The predicted octanol–water partition coefficient (Wildman–Crippen LogP) is 0.788. The fraction of sp³-hybridized carbons (Fsp3) is 0.667. The van der Waals surface area contributed by atoms with Gasteiger partial charge >= 0.3 is 0 Å². The van der Waals surface area contributed by atoms with Crippen LogP contribution in [-0.2, 0) is 0 Å². The van der Waals surface area contributed by atoms with Crippen LogP contribution < -0.4 is 5.73 Å². The van der Waals surface area contributed by atoms with Crippen LogP contribution in [0.3, 0.4) is 0 Å². The van der Waals surface area contributed by atoms with Crippen molar-refractivity contribution < 1.29 is 4.52 Å². The first-order chi connectivity index (χ1) is 4.74. The van der Waals surface area contributed by atoms with Crippen molar-refractivity contribution in [1.29, 1.82) is 0 Å². The number of nitrogens with zero attached hydrogens (tertiary/aromatic N) is 2. The SMILES string of the molecule is CC[C@@H](N)c1noc(C)n1. The third kappa shape index (κ3) is 1.33. The zero-order chi connectivity index (χ0) is 7.56. The van der Waals surface area contributed by atoms with Gasteiger partial charge in [-0.25, -0.2) is 0 Å². The molecular weight excluding hydrogens is 130 g/mol. The van der Waals surface area contributed by atoms with Gasteiger partial charge < -0.3 is 10.3 Å². The summed E-state index contributed by atoms with van der Waals surface area (Å²) in [5.41, 5.74) is 5.62. The average molecular weight is 141 g/mol. The van der Waals surface area contributed by atoms with E-state index >= 15 is 0 Å². The van der Waals surface area contributed by atoms with E-state index in [1.165, 1.54) is 0 Å². The molecule has 0 spiro atoms. The predicted molar refractivity (Wildman–Crippen MR) is 36.3 cm³/mol. The van der Waals surface area contributed by atoms with Crippen molar-refractivity contribution in [1.82, 2.24) is 10.1 Å². The van der Waals surface area contributed by atoms with Crippen LogP contribution in [-0.4, -0.2) is 10.1 Å². The van der Waals surface area contributed by atoms with Crippen molar-refractivity contribution in [2.45, 2.75) is 26.3 Å². The summed E-state index contributed by atoms with van der Waals surface area (Å²) in [6.07, 6.45) is 0.832. The normalized spacial score (nSPS) is 13.5. The molecule has 0 bridgehead atoms. The summed E-state index contributed by atoms with van der Waals surface area (Å²) in [5, 5.41) is 3.68. The van der Waals surface area contributed by atoms with Gasteiger partial charge in [-0.05, 0) is 6.42 Å². The van der Waals surface area contributed by atoms with E-state index in [9.17, 15) is 0 Å². The smallest absolute Gasteiger partial charge is 0.223 e. The van der Waals surface area contributed by atoms with Crippen molar-refractivity contribution in [3.05, 3.63) is 11.7 Å². The van der Waals surface area contributed by atoms with Crippen LogP contribution in [0.15, 0.2) is 4.52 Å². The van der Waals surface area contributed by atoms with Crippen LogP contribution in [0.5, 0.6) is 0 Å². The molecule has 1 aromatic rings. The summed E-state index contributed by atoms with van der Waals surface area (Å²) in [5.74, 6) is 1.17. The first-order valence-electron chi connectivity index (χ1n) is 3.29. The molecule has 0 radical (unpaired) electrons. The van der Waals surface area contributed by atoms with E-state index in [-0.39, 0.29) is 6.04 Å². The molecule has 1 aromatic heterocycles. The Morgan fingerprint density at radius 1 is 1.70 bits per heavy atom. The number of nitrogens with two attached hydrogens (primary N) is 1. The van der Waals surface area contributed by atoms with Crippen LogP contribution in [0, 0.1) is 6.92 Å². The number of aryl methyl sites for hydroxylation is 1. The molecule has 1 rings (SSSR count). The van der Waals surface area contributed by atoms with Crippen molar-refractivity contribution in [2.75, 3.05) is 0 Å². The zero-order valence-electron chi connectivity index (χ0n) is 6.16. The summed E-state index contributed by atoms with van der Waals surface area (Å²) < 4.78 is 4.75. The summed E-state index contributed by atoms with van der Waals surface area (Å²) in [7, 11) is 0. The Hall–Kier alpha value is -0.900. The Morgan fingerprint density at radius 2 is 2.40 bits per heavy atom. The van der Waals surface area contributed by atoms with Gasteiger partial charge in [0.25, 0.3) is 0 Å². The van der Waals surface area contributed by atoms with E-state index in [1.54, 1.807) is 6.92 Å². The lowest BCUT2D eigenvalue weighted by Crippen LogP contribution is -2.10. The van der Waals surface area contributed by atoms with Crippen molar-refractivity contribution in [3.63, 3.8) is 0 Å². The van der Waals surface area contributed by atoms with Gasteiger partial charge in [-0.3, -0.25) is 0 Å². The Labute approximate surface area is 59.4 Å². The molecule has 4 nitrogen and oxygen atoms in total. The second kappa shape index (κ2) is 2.79. The van der Waals surface area contributed by atoms with Crippen molar-refractivity contribution in [2.24, 2.45) is 5.73 Å². The van der Waals surface area contributed by atoms with Gasteiger partial charge in [-0.2, -0.15) is 4.98 Å². The largest absolute Gasteiger partial charge is 0.340 e. The standard InChI is InChI=1S/C6H11N3O/c1-3-5(7)6-8-4(2)10-9-6/h5H,3,7H2,1-2H3/t5-/m1/s1. The lowest BCUT2D eigenvalue weighted by Gasteiger charge is -1.98.